The highest BCUT2D eigenvalue weighted by atomic mass is 16.6. The molecule has 3 rings (SSSR count). The Labute approximate surface area is 156 Å². The van der Waals surface area contributed by atoms with Crippen LogP contribution in [0.4, 0.5) is 11.4 Å². The highest BCUT2D eigenvalue weighted by Gasteiger charge is 2.31. The summed E-state index contributed by atoms with van der Waals surface area (Å²) in [4.78, 5) is 36.2. The zero-order chi connectivity index (χ0) is 19.4. The zero-order valence-corrected chi connectivity index (χ0v) is 14.8. The molecular formula is C20H19N3O4. The van der Waals surface area contributed by atoms with Crippen LogP contribution in [-0.4, -0.2) is 29.3 Å². The van der Waals surface area contributed by atoms with Gasteiger partial charge in [0.25, 0.3) is 5.69 Å². The molecule has 0 radical (unpaired) electrons. The van der Waals surface area contributed by atoms with Crippen LogP contribution in [0.3, 0.4) is 0 Å². The summed E-state index contributed by atoms with van der Waals surface area (Å²) in [6.07, 6.45) is 3.19. The lowest BCUT2D eigenvalue weighted by atomic mass is 10.2. The fourth-order valence-corrected chi connectivity index (χ4v) is 2.91. The second-order valence-electron chi connectivity index (χ2n) is 6.43. The van der Waals surface area contributed by atoms with Gasteiger partial charge in [-0.25, -0.2) is 0 Å². The van der Waals surface area contributed by atoms with Crippen LogP contribution >= 0.6 is 0 Å². The number of nitrogens with one attached hydrogen (secondary N) is 1. The average molecular weight is 365 g/mol. The minimum Gasteiger partial charge on any atom is -0.347 e. The molecule has 7 nitrogen and oxygen atoms in total. The van der Waals surface area contributed by atoms with Crippen molar-refractivity contribution in [2.45, 2.75) is 19.4 Å². The molecule has 138 valence electrons. The Kier molecular flexibility index (Phi) is 5.30. The first-order valence-corrected chi connectivity index (χ1v) is 8.52. The maximum absolute atomic E-state index is 12.2. The van der Waals surface area contributed by atoms with E-state index in [4.69, 9.17) is 0 Å². The summed E-state index contributed by atoms with van der Waals surface area (Å²) in [6.45, 7) is 2.41. The number of hydrogen-bond acceptors (Lipinski definition) is 4. The number of amides is 2. The second kappa shape index (κ2) is 7.82. The average Bonchev–Trinajstić information content (AvgIpc) is 3.01. The molecule has 0 aromatic heterocycles. The lowest BCUT2D eigenvalue weighted by molar-refractivity contribution is -0.384. The number of non-ortho nitro benzene ring substituents is 1. The normalized spacial score (nSPS) is 16.7. The van der Waals surface area contributed by atoms with Gasteiger partial charge in [0.2, 0.25) is 11.8 Å². The van der Waals surface area contributed by atoms with Crippen molar-refractivity contribution in [1.82, 2.24) is 5.32 Å². The number of benzene rings is 2. The topological polar surface area (TPSA) is 92.6 Å². The van der Waals surface area contributed by atoms with Gasteiger partial charge in [-0.2, -0.15) is 0 Å². The monoisotopic (exact) mass is 365 g/mol. The smallest absolute Gasteiger partial charge is 0.269 e. The van der Waals surface area contributed by atoms with Crippen molar-refractivity contribution in [2.24, 2.45) is 0 Å². The highest BCUT2D eigenvalue weighted by Crippen LogP contribution is 2.22. The van der Waals surface area contributed by atoms with E-state index < -0.39 is 4.92 Å². The molecule has 0 saturated carbocycles. The summed E-state index contributed by atoms with van der Waals surface area (Å²) in [6, 6.07) is 13.3. The van der Waals surface area contributed by atoms with Gasteiger partial charge in [-0.1, -0.05) is 17.7 Å². The van der Waals surface area contributed by atoms with Gasteiger partial charge in [0.15, 0.2) is 0 Å². The maximum atomic E-state index is 12.2. The predicted molar refractivity (Wildman–Crippen MR) is 102 cm³/mol. The van der Waals surface area contributed by atoms with Crippen LogP contribution in [0.1, 0.15) is 17.5 Å². The van der Waals surface area contributed by atoms with Crippen LogP contribution in [-0.2, 0) is 9.59 Å². The fraction of sp³-hybridized carbons (Fsp3) is 0.200. The van der Waals surface area contributed by atoms with E-state index in [1.807, 2.05) is 31.2 Å². The molecular weight excluding hydrogens is 346 g/mol. The third kappa shape index (κ3) is 4.58. The summed E-state index contributed by atoms with van der Waals surface area (Å²) in [7, 11) is 0. The molecule has 2 aromatic carbocycles. The number of rotatable bonds is 5. The maximum Gasteiger partial charge on any atom is 0.269 e. The SMILES string of the molecule is Cc1ccc(N2C[C@H](NC(=O)/C=C\c3ccc([N+](=O)[O-])cc3)CC2=O)cc1. The van der Waals surface area contributed by atoms with Crippen LogP contribution in [0.2, 0.25) is 0 Å². The van der Waals surface area contributed by atoms with Gasteiger partial charge in [0.05, 0.1) is 11.0 Å². The van der Waals surface area contributed by atoms with Gasteiger partial charge in [-0.15, -0.1) is 0 Å². The van der Waals surface area contributed by atoms with E-state index in [0.29, 0.717) is 12.1 Å². The first-order chi connectivity index (χ1) is 12.9. The van der Waals surface area contributed by atoms with Gasteiger partial charge in [0, 0.05) is 36.9 Å². The molecule has 1 saturated heterocycles. The van der Waals surface area contributed by atoms with Crippen LogP contribution in [0.5, 0.6) is 0 Å². The fourth-order valence-electron chi connectivity index (χ4n) is 2.91. The molecule has 0 bridgehead atoms. The number of carbonyl (C=O) groups is 2. The Morgan fingerprint density at radius 1 is 1.19 bits per heavy atom. The zero-order valence-electron chi connectivity index (χ0n) is 14.8. The third-order valence-electron chi connectivity index (χ3n) is 4.35. The molecule has 1 fully saturated rings. The molecule has 2 aromatic rings. The molecule has 0 spiro atoms. The molecule has 1 aliphatic heterocycles. The van der Waals surface area contributed by atoms with Crippen LogP contribution in [0, 0.1) is 17.0 Å². The summed E-state index contributed by atoms with van der Waals surface area (Å²) >= 11 is 0. The second-order valence-corrected chi connectivity index (χ2v) is 6.43. The Morgan fingerprint density at radius 2 is 1.85 bits per heavy atom. The van der Waals surface area contributed by atoms with E-state index in [0.717, 1.165) is 11.3 Å². The van der Waals surface area contributed by atoms with Crippen LogP contribution in [0.15, 0.2) is 54.6 Å². The van der Waals surface area contributed by atoms with Gasteiger partial charge in [0.1, 0.15) is 0 Å². The van der Waals surface area contributed by atoms with Gasteiger partial charge in [-0.05, 0) is 42.8 Å². The number of anilines is 1. The van der Waals surface area contributed by atoms with Crippen LogP contribution < -0.4 is 10.2 Å². The molecule has 1 atom stereocenters. The third-order valence-corrected chi connectivity index (χ3v) is 4.35. The number of nitro groups is 1. The van der Waals surface area contributed by atoms with Crippen molar-refractivity contribution in [2.75, 3.05) is 11.4 Å². The largest absolute Gasteiger partial charge is 0.347 e. The van der Waals surface area contributed by atoms with E-state index in [1.54, 1.807) is 23.1 Å². The van der Waals surface area contributed by atoms with Crippen molar-refractivity contribution in [1.29, 1.82) is 0 Å². The number of carbonyl (C=O) groups excluding carboxylic acids is 2. The summed E-state index contributed by atoms with van der Waals surface area (Å²) < 4.78 is 0. The standard InChI is InChI=1S/C20H19N3O4/c1-14-2-7-17(8-3-14)22-13-16(12-20(22)25)21-19(24)11-6-15-4-9-18(10-5-15)23(26)27/h2-11,16H,12-13H2,1H3,(H,21,24)/b11-6-/t16-/m1/s1. The highest BCUT2D eigenvalue weighted by molar-refractivity contribution is 5.98. The number of nitrogens with zero attached hydrogens (tertiary/aromatic N) is 2. The Morgan fingerprint density at radius 3 is 2.48 bits per heavy atom. The predicted octanol–water partition coefficient (Wildman–Crippen LogP) is 2.84. The lowest BCUT2D eigenvalue weighted by Gasteiger charge is -2.17. The molecule has 27 heavy (non-hydrogen) atoms. The van der Waals surface area contributed by atoms with Gasteiger partial charge >= 0.3 is 0 Å². The Balaban J connectivity index is 1.57. The van der Waals surface area contributed by atoms with E-state index in [9.17, 15) is 19.7 Å². The molecule has 1 heterocycles. The Hall–Kier alpha value is -3.48. The van der Waals surface area contributed by atoms with Crippen LogP contribution in [0.25, 0.3) is 6.08 Å². The van der Waals surface area contributed by atoms with E-state index >= 15 is 0 Å². The number of nitro benzene ring substituents is 1. The van der Waals surface area contributed by atoms with Crippen molar-refractivity contribution in [3.05, 3.63) is 75.8 Å². The molecule has 0 aliphatic carbocycles. The van der Waals surface area contributed by atoms with E-state index in [1.165, 1.54) is 18.2 Å². The van der Waals surface area contributed by atoms with E-state index in [-0.39, 0.29) is 30.0 Å². The minimum absolute atomic E-state index is 0.00253. The summed E-state index contributed by atoms with van der Waals surface area (Å²) in [5, 5.41) is 13.5. The molecule has 0 unspecified atom stereocenters. The van der Waals surface area contributed by atoms with Crippen molar-refractivity contribution >= 4 is 29.3 Å². The van der Waals surface area contributed by atoms with Crippen molar-refractivity contribution < 1.29 is 14.5 Å². The van der Waals surface area contributed by atoms with Gasteiger partial charge < -0.3 is 10.2 Å². The van der Waals surface area contributed by atoms with Crippen molar-refractivity contribution in [3.63, 3.8) is 0 Å². The molecule has 1 N–H and O–H groups in total. The first-order valence-electron chi connectivity index (χ1n) is 8.52. The van der Waals surface area contributed by atoms with Gasteiger partial charge in [-0.3, -0.25) is 19.7 Å². The molecule has 1 aliphatic rings. The lowest BCUT2D eigenvalue weighted by Crippen LogP contribution is -2.36. The van der Waals surface area contributed by atoms with E-state index in [2.05, 4.69) is 5.32 Å². The number of aryl methyl sites for hydroxylation is 1. The quantitative estimate of drug-likeness (QED) is 0.501. The Bertz CT molecular complexity index is 888. The molecule has 7 heteroatoms. The minimum atomic E-state index is -0.475. The first kappa shape index (κ1) is 18.3. The molecule has 2 amide bonds. The number of hydrogen-bond donors (Lipinski definition) is 1. The van der Waals surface area contributed by atoms with Crippen molar-refractivity contribution in [3.8, 4) is 0 Å². The summed E-state index contributed by atoms with van der Waals surface area (Å²) in [5.41, 5.74) is 2.62. The summed E-state index contributed by atoms with van der Waals surface area (Å²) in [5.74, 6) is -0.333.